The molecule has 0 bridgehead atoms. The van der Waals surface area contributed by atoms with Crippen molar-refractivity contribution in [3.8, 4) is 0 Å². The van der Waals surface area contributed by atoms with Crippen LogP contribution in [0.1, 0.15) is 16.7 Å². The lowest BCUT2D eigenvalue weighted by Crippen LogP contribution is -2.08. The third-order valence-corrected chi connectivity index (χ3v) is 2.35. The van der Waals surface area contributed by atoms with Gasteiger partial charge in [-0.2, -0.15) is 13.2 Å². The number of alkyl halides is 3. The maximum atomic E-state index is 12.3. The topological polar surface area (TPSA) is 9.23 Å². The largest absolute Gasteiger partial charge is 0.486 e. The quantitative estimate of drug-likeness (QED) is 0.689. The molecule has 15 heavy (non-hydrogen) atoms. The van der Waals surface area contributed by atoms with Crippen LogP contribution in [-0.2, 0) is 10.9 Å². The minimum atomic E-state index is -4.32. The smallest absolute Gasteiger partial charge is 0.416 e. The van der Waals surface area contributed by atoms with Gasteiger partial charge in [-0.3, -0.25) is 0 Å². The fraction of sp³-hybridized carbons (Fsp3) is 0.300. The van der Waals surface area contributed by atoms with Crippen molar-refractivity contribution in [3.05, 3.63) is 34.9 Å². The summed E-state index contributed by atoms with van der Waals surface area (Å²) in [5.41, 5.74) is 0.292. The molecule has 0 amide bonds. The lowest BCUT2D eigenvalue weighted by atomic mass is 10.1. The highest BCUT2D eigenvalue weighted by Gasteiger charge is 2.30. The Morgan fingerprint density at radius 1 is 1.33 bits per heavy atom. The van der Waals surface area contributed by atoms with E-state index in [9.17, 15) is 13.2 Å². The third kappa shape index (κ3) is 2.68. The molecule has 0 N–H and O–H groups in total. The first-order chi connectivity index (χ1) is 6.86. The molecule has 0 aliphatic heterocycles. The molecule has 0 heterocycles. The van der Waals surface area contributed by atoms with Crippen LogP contribution in [0.4, 0.5) is 13.2 Å². The Bertz CT molecular complexity index is 385. The zero-order valence-corrected chi connectivity index (χ0v) is 9.00. The number of aryl methyl sites for hydroxylation is 1. The Morgan fingerprint density at radius 3 is 2.33 bits per heavy atom. The van der Waals surface area contributed by atoms with Gasteiger partial charge in [0.1, 0.15) is 0 Å². The molecule has 0 radical (unpaired) electrons. The van der Waals surface area contributed by atoms with Gasteiger partial charge in [-0.05, 0) is 42.9 Å². The van der Waals surface area contributed by atoms with Gasteiger partial charge in [0.05, 0.1) is 12.7 Å². The average Bonchev–Trinajstić information content (AvgIpc) is 2.15. The highest BCUT2D eigenvalue weighted by atomic mass is 32.1. The van der Waals surface area contributed by atoms with E-state index in [0.717, 1.165) is 12.1 Å². The third-order valence-electron chi connectivity index (χ3n) is 1.96. The van der Waals surface area contributed by atoms with Gasteiger partial charge >= 0.3 is 6.18 Å². The van der Waals surface area contributed by atoms with E-state index in [0.29, 0.717) is 11.1 Å². The van der Waals surface area contributed by atoms with Crippen molar-refractivity contribution < 1.29 is 17.9 Å². The summed E-state index contributed by atoms with van der Waals surface area (Å²) in [4.78, 5) is 0. The molecule has 1 aromatic rings. The molecule has 0 spiro atoms. The Hall–Kier alpha value is -1.10. The number of hydrogen-bond acceptors (Lipinski definition) is 2. The lowest BCUT2D eigenvalue weighted by Gasteiger charge is -2.10. The molecule has 1 nitrogen and oxygen atoms in total. The highest BCUT2D eigenvalue weighted by molar-refractivity contribution is 7.80. The summed E-state index contributed by atoms with van der Waals surface area (Å²) in [5, 5.41) is 0.196. The second-order valence-electron chi connectivity index (χ2n) is 3.02. The average molecular weight is 234 g/mol. The van der Waals surface area contributed by atoms with Gasteiger partial charge in [-0.25, -0.2) is 0 Å². The first kappa shape index (κ1) is 12.0. The van der Waals surface area contributed by atoms with Crippen LogP contribution >= 0.6 is 12.2 Å². The number of benzene rings is 1. The molecule has 0 saturated heterocycles. The van der Waals surface area contributed by atoms with E-state index in [4.69, 9.17) is 17.0 Å². The van der Waals surface area contributed by atoms with E-state index in [1.165, 1.54) is 13.2 Å². The summed E-state index contributed by atoms with van der Waals surface area (Å²) >= 11 is 4.84. The van der Waals surface area contributed by atoms with E-state index in [1.54, 1.807) is 6.92 Å². The maximum absolute atomic E-state index is 12.3. The van der Waals surface area contributed by atoms with Crippen molar-refractivity contribution >= 4 is 17.3 Å². The molecular formula is C10H9F3OS. The minimum absolute atomic E-state index is 0.196. The summed E-state index contributed by atoms with van der Waals surface area (Å²) in [6.07, 6.45) is -4.32. The molecule has 0 aromatic heterocycles. The van der Waals surface area contributed by atoms with Gasteiger partial charge in [0.25, 0.3) is 0 Å². The molecular weight excluding hydrogens is 225 g/mol. The van der Waals surface area contributed by atoms with E-state index in [-0.39, 0.29) is 5.05 Å². The standard InChI is InChI=1S/C10H9F3OS/c1-6-5-7(10(11,12)13)3-4-8(6)9(15)14-2/h3-5H,1-2H3. The van der Waals surface area contributed by atoms with E-state index >= 15 is 0 Å². The second-order valence-corrected chi connectivity index (χ2v) is 3.39. The number of thiocarbonyl (C=S) groups is 1. The van der Waals surface area contributed by atoms with Crippen LogP contribution in [0.5, 0.6) is 0 Å². The van der Waals surface area contributed by atoms with Crippen LogP contribution < -0.4 is 0 Å². The van der Waals surface area contributed by atoms with Crippen molar-refractivity contribution in [2.75, 3.05) is 7.11 Å². The molecule has 1 aromatic carbocycles. The number of halogens is 3. The van der Waals surface area contributed by atoms with Gasteiger partial charge in [-0.1, -0.05) is 0 Å². The monoisotopic (exact) mass is 234 g/mol. The predicted molar refractivity (Wildman–Crippen MR) is 54.9 cm³/mol. The van der Waals surface area contributed by atoms with Crippen LogP contribution in [0.15, 0.2) is 18.2 Å². The van der Waals surface area contributed by atoms with Crippen LogP contribution in [0, 0.1) is 6.92 Å². The Kier molecular flexibility index (Phi) is 3.34. The summed E-state index contributed by atoms with van der Waals surface area (Å²) in [6.45, 7) is 1.57. The van der Waals surface area contributed by atoms with Gasteiger partial charge < -0.3 is 4.74 Å². The maximum Gasteiger partial charge on any atom is 0.416 e. The summed E-state index contributed by atoms with van der Waals surface area (Å²) in [6, 6.07) is 3.37. The number of ether oxygens (including phenoxy) is 1. The van der Waals surface area contributed by atoms with Crippen molar-refractivity contribution in [2.24, 2.45) is 0 Å². The summed E-state index contributed by atoms with van der Waals surface area (Å²) in [7, 11) is 1.39. The predicted octanol–water partition coefficient (Wildman–Crippen LogP) is 3.34. The molecule has 0 aliphatic rings. The van der Waals surface area contributed by atoms with Crippen molar-refractivity contribution in [1.82, 2.24) is 0 Å². The summed E-state index contributed by atoms with van der Waals surface area (Å²) in [5.74, 6) is 0. The number of hydrogen-bond donors (Lipinski definition) is 0. The normalized spacial score (nSPS) is 11.3. The van der Waals surface area contributed by atoms with E-state index in [2.05, 4.69) is 0 Å². The van der Waals surface area contributed by atoms with Crippen molar-refractivity contribution in [3.63, 3.8) is 0 Å². The zero-order chi connectivity index (χ0) is 11.6. The molecule has 1 rings (SSSR count). The Balaban J connectivity index is 3.15. The molecule has 0 saturated carbocycles. The molecule has 0 atom stereocenters. The van der Waals surface area contributed by atoms with Gasteiger partial charge in [0.2, 0.25) is 0 Å². The van der Waals surface area contributed by atoms with Gasteiger partial charge in [0.15, 0.2) is 5.05 Å². The van der Waals surface area contributed by atoms with E-state index < -0.39 is 11.7 Å². The fourth-order valence-electron chi connectivity index (χ4n) is 1.18. The Labute approximate surface area is 90.9 Å². The lowest BCUT2D eigenvalue weighted by molar-refractivity contribution is -0.137. The molecule has 82 valence electrons. The molecule has 0 aliphatic carbocycles. The van der Waals surface area contributed by atoms with Crippen molar-refractivity contribution in [2.45, 2.75) is 13.1 Å². The van der Waals surface area contributed by atoms with Gasteiger partial charge in [-0.15, -0.1) is 0 Å². The van der Waals surface area contributed by atoms with Crippen molar-refractivity contribution in [1.29, 1.82) is 0 Å². The fourth-order valence-corrected chi connectivity index (χ4v) is 1.41. The number of rotatable bonds is 1. The van der Waals surface area contributed by atoms with E-state index in [1.807, 2.05) is 0 Å². The minimum Gasteiger partial charge on any atom is -0.486 e. The zero-order valence-electron chi connectivity index (χ0n) is 8.18. The van der Waals surface area contributed by atoms with Crippen LogP contribution in [0.2, 0.25) is 0 Å². The molecule has 5 heteroatoms. The molecule has 0 fully saturated rings. The Morgan fingerprint density at radius 2 is 1.93 bits per heavy atom. The summed E-state index contributed by atoms with van der Waals surface area (Å²) < 4.78 is 41.7. The second kappa shape index (κ2) is 4.18. The van der Waals surface area contributed by atoms with Crippen LogP contribution in [0.25, 0.3) is 0 Å². The first-order valence-corrected chi connectivity index (χ1v) is 4.53. The van der Waals surface area contributed by atoms with Crippen LogP contribution in [-0.4, -0.2) is 12.2 Å². The SMILES string of the molecule is COC(=S)c1ccc(C(F)(F)F)cc1C. The van der Waals surface area contributed by atoms with Gasteiger partial charge in [0, 0.05) is 5.56 Å². The molecule has 0 unspecified atom stereocenters. The van der Waals surface area contributed by atoms with Crippen LogP contribution in [0.3, 0.4) is 0 Å². The highest BCUT2D eigenvalue weighted by Crippen LogP contribution is 2.30. The first-order valence-electron chi connectivity index (χ1n) is 4.12. The number of methoxy groups -OCH3 is 1.